The molecule has 2 aromatic heterocycles. The minimum absolute atomic E-state index is 0.116. The number of benzene rings is 2. The van der Waals surface area contributed by atoms with E-state index < -0.39 is 17.8 Å². The molecule has 2 unspecified atom stereocenters. The van der Waals surface area contributed by atoms with Gasteiger partial charge in [-0.1, -0.05) is 30.0 Å². The van der Waals surface area contributed by atoms with Crippen molar-refractivity contribution in [2.75, 3.05) is 20.1 Å². The van der Waals surface area contributed by atoms with Crippen LogP contribution >= 0.6 is 0 Å². The molecule has 3 N–H and O–H groups in total. The molecule has 1 aliphatic carbocycles. The average molecular weight is 495 g/mol. The second-order valence-electron chi connectivity index (χ2n) is 10.1. The molecule has 0 spiro atoms. The van der Waals surface area contributed by atoms with Crippen molar-refractivity contribution in [1.29, 1.82) is 0 Å². The molecular formula is C30H27FN4O2. The van der Waals surface area contributed by atoms with Crippen LogP contribution in [0.2, 0.25) is 0 Å². The summed E-state index contributed by atoms with van der Waals surface area (Å²) < 4.78 is 14.2. The summed E-state index contributed by atoms with van der Waals surface area (Å²) in [6.45, 7) is 4.01. The van der Waals surface area contributed by atoms with Gasteiger partial charge in [0.25, 0.3) is 5.91 Å². The molecule has 1 saturated heterocycles. The number of hydrogen-bond acceptors (Lipinski definition) is 4. The molecule has 3 heterocycles. The molecule has 6 nitrogen and oxygen atoms in total. The van der Waals surface area contributed by atoms with Crippen molar-refractivity contribution < 1.29 is 14.3 Å². The van der Waals surface area contributed by atoms with E-state index in [0.29, 0.717) is 29.1 Å². The van der Waals surface area contributed by atoms with Crippen molar-refractivity contribution in [3.8, 4) is 17.6 Å². The number of piperidine rings is 1. The second-order valence-corrected chi connectivity index (χ2v) is 10.1. The van der Waals surface area contributed by atoms with E-state index >= 15 is 0 Å². The van der Waals surface area contributed by atoms with Gasteiger partial charge in [0.2, 0.25) is 0 Å². The van der Waals surface area contributed by atoms with Gasteiger partial charge in [0.1, 0.15) is 17.3 Å². The second kappa shape index (κ2) is 9.06. The van der Waals surface area contributed by atoms with E-state index in [9.17, 15) is 14.3 Å². The zero-order valence-corrected chi connectivity index (χ0v) is 20.6. The van der Waals surface area contributed by atoms with Crippen LogP contribution in [-0.4, -0.2) is 46.0 Å². The summed E-state index contributed by atoms with van der Waals surface area (Å²) >= 11 is 0. The van der Waals surface area contributed by atoms with Crippen molar-refractivity contribution in [2.24, 2.45) is 17.8 Å². The Morgan fingerprint density at radius 2 is 1.95 bits per heavy atom. The number of pyridine rings is 1. The molecule has 2 fully saturated rings. The summed E-state index contributed by atoms with van der Waals surface area (Å²) in [5, 5.41) is 14.4. The number of aromatic hydroxyl groups is 1. The number of phenols is 1. The van der Waals surface area contributed by atoms with E-state index in [1.807, 2.05) is 43.3 Å². The van der Waals surface area contributed by atoms with Crippen LogP contribution < -0.4 is 5.32 Å². The molecule has 6 rings (SSSR count). The van der Waals surface area contributed by atoms with Gasteiger partial charge in [0.15, 0.2) is 0 Å². The lowest BCUT2D eigenvalue weighted by Crippen LogP contribution is -2.30. The first-order valence-electron chi connectivity index (χ1n) is 12.4. The number of aryl methyl sites for hydroxylation is 1. The topological polar surface area (TPSA) is 81.2 Å². The fraction of sp³-hybridized carbons (Fsp3) is 0.267. The maximum Gasteiger partial charge on any atom is 0.270 e. The molecule has 2 aromatic carbocycles. The van der Waals surface area contributed by atoms with Gasteiger partial charge in [0.05, 0.1) is 6.04 Å². The third-order valence-electron chi connectivity index (χ3n) is 7.38. The molecule has 0 radical (unpaired) electrons. The highest BCUT2D eigenvalue weighted by molar-refractivity contribution is 5.93. The number of para-hydroxylation sites is 1. The number of nitrogens with zero attached hydrogens (tertiary/aromatic N) is 2. The number of halogens is 1. The summed E-state index contributed by atoms with van der Waals surface area (Å²) in [6.07, 6.45) is 0. The molecule has 1 aliphatic heterocycles. The minimum Gasteiger partial charge on any atom is -0.508 e. The lowest BCUT2D eigenvalue weighted by Gasteiger charge is -2.19. The number of carbonyl (C=O) groups is 1. The number of H-pyrrole nitrogens is 1. The number of rotatable bonds is 4. The molecule has 4 atom stereocenters. The summed E-state index contributed by atoms with van der Waals surface area (Å²) in [6, 6.07) is 16.0. The van der Waals surface area contributed by atoms with Gasteiger partial charge < -0.3 is 20.3 Å². The van der Waals surface area contributed by atoms with Crippen molar-refractivity contribution in [1.82, 2.24) is 20.2 Å². The van der Waals surface area contributed by atoms with Gasteiger partial charge in [-0.05, 0) is 73.7 Å². The monoisotopic (exact) mass is 494 g/mol. The quantitative estimate of drug-likeness (QED) is 0.368. The fourth-order valence-electron chi connectivity index (χ4n) is 5.51. The van der Waals surface area contributed by atoms with Crippen molar-refractivity contribution in [3.63, 3.8) is 0 Å². The largest absolute Gasteiger partial charge is 0.508 e. The Labute approximate surface area is 214 Å². The van der Waals surface area contributed by atoms with E-state index in [1.165, 1.54) is 18.2 Å². The van der Waals surface area contributed by atoms with Crippen LogP contribution in [0, 0.1) is 42.3 Å². The first-order valence-corrected chi connectivity index (χ1v) is 12.4. The molecule has 7 heteroatoms. The summed E-state index contributed by atoms with van der Waals surface area (Å²) in [7, 11) is 2.14. The highest BCUT2D eigenvalue weighted by Crippen LogP contribution is 2.50. The molecule has 186 valence electrons. The molecule has 2 aliphatic rings. The Morgan fingerprint density at radius 1 is 1.16 bits per heavy atom. The zero-order chi connectivity index (χ0) is 25.7. The standard InChI is InChI=1S/C30H27FN4O2/c1-17-11-18(7-9-21-23-15-35(2)16-24(21)23)12-27(32-17)30(37)34-29(22-14-20(31)8-10-28(22)36)26-13-19-5-3-4-6-25(19)33-26/h3-6,8,10-14,21,23-24,29,33,36H,15-16H2,1-2H3,(H,34,37)/t21?,23-,24+,29?. The highest BCUT2D eigenvalue weighted by atomic mass is 19.1. The SMILES string of the molecule is Cc1cc(C#CC2[C@H]3CN(C)C[C@@H]23)cc(C(=O)NC(c2cc3ccccc3[nH]2)c2cc(F)ccc2O)n1. The number of hydrogen-bond donors (Lipinski definition) is 3. The molecule has 1 amide bonds. The maximum atomic E-state index is 14.2. The normalized spacial score (nSPS) is 21.2. The van der Waals surface area contributed by atoms with E-state index in [1.54, 1.807) is 6.07 Å². The van der Waals surface area contributed by atoms with Gasteiger partial charge in [-0.2, -0.15) is 0 Å². The van der Waals surface area contributed by atoms with Gasteiger partial charge in [0, 0.05) is 47.0 Å². The third-order valence-corrected chi connectivity index (χ3v) is 7.38. The van der Waals surface area contributed by atoms with Gasteiger partial charge in [-0.3, -0.25) is 4.79 Å². The van der Waals surface area contributed by atoms with Crippen molar-refractivity contribution in [3.05, 3.63) is 94.7 Å². The average Bonchev–Trinajstić information content (AvgIpc) is 3.19. The van der Waals surface area contributed by atoms with E-state index in [0.717, 1.165) is 29.6 Å². The van der Waals surface area contributed by atoms with Crippen LogP contribution in [0.3, 0.4) is 0 Å². The maximum absolute atomic E-state index is 14.2. The number of aromatic nitrogens is 2. The smallest absolute Gasteiger partial charge is 0.270 e. The molecule has 1 saturated carbocycles. The molecule has 0 bridgehead atoms. The number of carbonyl (C=O) groups excluding carboxylic acids is 1. The number of likely N-dealkylation sites (tertiary alicyclic amines) is 1. The number of fused-ring (bicyclic) bond motifs is 2. The van der Waals surface area contributed by atoms with Gasteiger partial charge in [-0.15, -0.1) is 0 Å². The number of amides is 1. The lowest BCUT2D eigenvalue weighted by molar-refractivity contribution is 0.0936. The van der Waals surface area contributed by atoms with Crippen LogP contribution in [0.5, 0.6) is 5.75 Å². The Morgan fingerprint density at radius 3 is 2.73 bits per heavy atom. The molecule has 4 aromatic rings. The number of aromatic amines is 1. The molecular weight excluding hydrogens is 467 g/mol. The highest BCUT2D eigenvalue weighted by Gasteiger charge is 2.53. The summed E-state index contributed by atoms with van der Waals surface area (Å²) in [4.78, 5) is 23.5. The van der Waals surface area contributed by atoms with E-state index in [-0.39, 0.29) is 17.0 Å². The van der Waals surface area contributed by atoms with Gasteiger partial charge >= 0.3 is 0 Å². The predicted molar refractivity (Wildman–Crippen MR) is 139 cm³/mol. The fourth-order valence-corrected chi connectivity index (χ4v) is 5.51. The number of nitrogens with one attached hydrogen (secondary N) is 2. The first kappa shape index (κ1) is 23.3. The van der Waals surface area contributed by atoms with Crippen LogP contribution in [0.1, 0.15) is 39.0 Å². The third kappa shape index (κ3) is 4.56. The van der Waals surface area contributed by atoms with Crippen LogP contribution in [0.4, 0.5) is 4.39 Å². The first-order chi connectivity index (χ1) is 17.9. The minimum atomic E-state index is -0.824. The molecule has 37 heavy (non-hydrogen) atoms. The Hall–Kier alpha value is -4.15. The van der Waals surface area contributed by atoms with Crippen LogP contribution in [-0.2, 0) is 0 Å². The summed E-state index contributed by atoms with van der Waals surface area (Å²) in [5.41, 5.74) is 3.38. The Kier molecular flexibility index (Phi) is 5.69. The summed E-state index contributed by atoms with van der Waals surface area (Å²) in [5.74, 6) is 7.31. The van der Waals surface area contributed by atoms with E-state index in [4.69, 9.17) is 0 Å². The van der Waals surface area contributed by atoms with Gasteiger partial charge in [-0.25, -0.2) is 9.37 Å². The Balaban J connectivity index is 1.30. The number of phenolic OH excluding ortho intramolecular Hbond substituents is 1. The Bertz CT molecular complexity index is 1540. The lowest BCUT2D eigenvalue weighted by atomic mass is 10.0. The predicted octanol–water partition coefficient (Wildman–Crippen LogP) is 4.39. The van der Waals surface area contributed by atoms with Crippen LogP contribution in [0.15, 0.2) is 60.7 Å². The zero-order valence-electron chi connectivity index (χ0n) is 20.6. The van der Waals surface area contributed by atoms with Crippen molar-refractivity contribution >= 4 is 16.8 Å². The van der Waals surface area contributed by atoms with E-state index in [2.05, 4.69) is 39.1 Å². The van der Waals surface area contributed by atoms with Crippen molar-refractivity contribution in [2.45, 2.75) is 13.0 Å². The van der Waals surface area contributed by atoms with Crippen LogP contribution in [0.25, 0.3) is 10.9 Å².